The molecule has 0 aromatic carbocycles. The fourth-order valence-corrected chi connectivity index (χ4v) is 1.80. The molecule has 0 radical (unpaired) electrons. The number of aromatic nitrogens is 2. The molecule has 16 heavy (non-hydrogen) atoms. The lowest BCUT2D eigenvalue weighted by molar-refractivity contribution is 0.0718. The van der Waals surface area contributed by atoms with Gasteiger partial charge in [-0.25, -0.2) is 9.97 Å². The Morgan fingerprint density at radius 2 is 2.38 bits per heavy atom. The molecular formula is C11H9N3O2. The van der Waals surface area contributed by atoms with Crippen molar-refractivity contribution < 1.29 is 9.21 Å². The van der Waals surface area contributed by atoms with E-state index in [2.05, 4.69) is 9.97 Å². The summed E-state index contributed by atoms with van der Waals surface area (Å²) in [4.78, 5) is 21.7. The summed E-state index contributed by atoms with van der Waals surface area (Å²) in [7, 11) is 0. The minimum atomic E-state index is -0.108. The lowest BCUT2D eigenvalue weighted by atomic mass is 10.3. The summed E-state index contributed by atoms with van der Waals surface area (Å²) in [5.41, 5.74) is 1.91. The molecule has 0 fully saturated rings. The Labute approximate surface area is 91.7 Å². The Bertz CT molecular complexity index is 497. The van der Waals surface area contributed by atoms with Gasteiger partial charge in [0.1, 0.15) is 6.33 Å². The molecule has 5 nitrogen and oxygen atoms in total. The van der Waals surface area contributed by atoms with E-state index >= 15 is 0 Å². The Kier molecular flexibility index (Phi) is 1.96. The first-order valence-corrected chi connectivity index (χ1v) is 4.95. The summed E-state index contributed by atoms with van der Waals surface area (Å²) < 4.78 is 5.08. The van der Waals surface area contributed by atoms with Crippen LogP contribution >= 0.6 is 0 Å². The van der Waals surface area contributed by atoms with Crippen molar-refractivity contribution in [1.82, 2.24) is 14.9 Å². The zero-order valence-electron chi connectivity index (χ0n) is 8.46. The molecule has 0 bridgehead atoms. The van der Waals surface area contributed by atoms with E-state index in [4.69, 9.17) is 4.42 Å². The summed E-state index contributed by atoms with van der Waals surface area (Å²) in [6.07, 6.45) is 4.74. The normalized spacial score (nSPS) is 13.9. The third-order valence-electron chi connectivity index (χ3n) is 2.60. The highest BCUT2D eigenvalue weighted by Crippen LogP contribution is 2.21. The van der Waals surface area contributed by atoms with Crippen LogP contribution in [0.25, 0.3) is 0 Å². The zero-order valence-corrected chi connectivity index (χ0v) is 8.46. The predicted molar refractivity (Wildman–Crippen MR) is 54.3 cm³/mol. The molecule has 0 saturated heterocycles. The van der Waals surface area contributed by atoms with E-state index in [0.717, 1.165) is 11.3 Å². The van der Waals surface area contributed by atoms with Crippen molar-refractivity contribution in [1.29, 1.82) is 0 Å². The molecule has 0 unspecified atom stereocenters. The molecule has 80 valence electrons. The maximum atomic E-state index is 12.0. The average molecular weight is 215 g/mol. The number of nitrogens with zero attached hydrogens (tertiary/aromatic N) is 3. The number of hydrogen-bond donors (Lipinski definition) is 0. The number of furan rings is 1. The van der Waals surface area contributed by atoms with E-state index in [-0.39, 0.29) is 5.91 Å². The van der Waals surface area contributed by atoms with Gasteiger partial charge in [0, 0.05) is 18.3 Å². The fraction of sp³-hybridized carbons (Fsp3) is 0.182. The first-order chi connectivity index (χ1) is 7.84. The van der Waals surface area contributed by atoms with Gasteiger partial charge >= 0.3 is 0 Å². The second-order valence-electron chi connectivity index (χ2n) is 3.63. The van der Waals surface area contributed by atoms with Gasteiger partial charge in [0.25, 0.3) is 5.91 Å². The molecule has 0 N–H and O–H groups in total. The van der Waals surface area contributed by atoms with Gasteiger partial charge in [0.05, 0.1) is 18.5 Å². The standard InChI is InChI=1S/C11H9N3O2/c15-11(10-2-1-3-16-10)14-5-8-4-12-7-13-9(8)6-14/h1-4,7H,5-6H2. The maximum absolute atomic E-state index is 12.0. The first-order valence-electron chi connectivity index (χ1n) is 4.95. The molecular weight excluding hydrogens is 206 g/mol. The highest BCUT2D eigenvalue weighted by atomic mass is 16.3. The van der Waals surface area contributed by atoms with E-state index in [1.807, 2.05) is 0 Å². The van der Waals surface area contributed by atoms with Crippen LogP contribution in [0, 0.1) is 0 Å². The Balaban J connectivity index is 1.84. The molecule has 0 saturated carbocycles. The van der Waals surface area contributed by atoms with Gasteiger partial charge in [-0.2, -0.15) is 0 Å². The van der Waals surface area contributed by atoms with Crippen LogP contribution in [0.15, 0.2) is 35.3 Å². The highest BCUT2D eigenvalue weighted by Gasteiger charge is 2.26. The summed E-state index contributed by atoms with van der Waals surface area (Å²) in [6.45, 7) is 1.08. The van der Waals surface area contributed by atoms with Gasteiger partial charge in [0.15, 0.2) is 5.76 Å². The zero-order chi connectivity index (χ0) is 11.0. The first kappa shape index (κ1) is 9.08. The summed E-state index contributed by atoms with van der Waals surface area (Å²) >= 11 is 0. The van der Waals surface area contributed by atoms with E-state index in [9.17, 15) is 4.79 Å². The van der Waals surface area contributed by atoms with E-state index in [0.29, 0.717) is 18.8 Å². The van der Waals surface area contributed by atoms with Gasteiger partial charge in [-0.3, -0.25) is 4.79 Å². The third kappa shape index (κ3) is 1.37. The van der Waals surface area contributed by atoms with Crippen LogP contribution in [0.5, 0.6) is 0 Å². The van der Waals surface area contributed by atoms with Crippen LogP contribution in [0.4, 0.5) is 0 Å². The van der Waals surface area contributed by atoms with E-state index < -0.39 is 0 Å². The Morgan fingerprint density at radius 3 is 3.12 bits per heavy atom. The third-order valence-corrected chi connectivity index (χ3v) is 2.60. The number of rotatable bonds is 1. The van der Waals surface area contributed by atoms with Crippen LogP contribution in [0.2, 0.25) is 0 Å². The molecule has 1 aliphatic rings. The van der Waals surface area contributed by atoms with Crippen LogP contribution in [-0.2, 0) is 13.1 Å². The Morgan fingerprint density at radius 1 is 1.44 bits per heavy atom. The molecule has 3 rings (SSSR count). The molecule has 1 amide bonds. The summed E-state index contributed by atoms with van der Waals surface area (Å²) in [6, 6.07) is 3.37. The van der Waals surface area contributed by atoms with Crippen LogP contribution < -0.4 is 0 Å². The van der Waals surface area contributed by atoms with Crippen LogP contribution in [0.3, 0.4) is 0 Å². The molecule has 2 aromatic rings. The molecule has 0 spiro atoms. The summed E-state index contributed by atoms with van der Waals surface area (Å²) in [5, 5.41) is 0. The maximum Gasteiger partial charge on any atom is 0.290 e. The number of amides is 1. The van der Waals surface area contributed by atoms with Gasteiger partial charge in [-0.15, -0.1) is 0 Å². The smallest absolute Gasteiger partial charge is 0.290 e. The fourth-order valence-electron chi connectivity index (χ4n) is 1.80. The van der Waals surface area contributed by atoms with Crippen molar-refractivity contribution >= 4 is 5.91 Å². The van der Waals surface area contributed by atoms with Crippen molar-refractivity contribution in [2.75, 3.05) is 0 Å². The second-order valence-corrected chi connectivity index (χ2v) is 3.63. The predicted octanol–water partition coefficient (Wildman–Crippen LogP) is 1.23. The van der Waals surface area contributed by atoms with Crippen molar-refractivity contribution in [2.45, 2.75) is 13.1 Å². The molecule has 3 heterocycles. The monoisotopic (exact) mass is 215 g/mol. The van der Waals surface area contributed by atoms with Crippen molar-refractivity contribution in [3.8, 4) is 0 Å². The summed E-state index contributed by atoms with van der Waals surface area (Å²) in [5.74, 6) is 0.253. The molecule has 0 aliphatic carbocycles. The number of fused-ring (bicyclic) bond motifs is 1. The number of carbonyl (C=O) groups is 1. The van der Waals surface area contributed by atoms with Gasteiger partial charge in [-0.1, -0.05) is 0 Å². The minimum Gasteiger partial charge on any atom is -0.459 e. The second kappa shape index (κ2) is 3.44. The number of hydrogen-bond acceptors (Lipinski definition) is 4. The van der Waals surface area contributed by atoms with Crippen LogP contribution in [-0.4, -0.2) is 20.8 Å². The SMILES string of the molecule is O=C(c1ccco1)N1Cc2cncnc2C1. The van der Waals surface area contributed by atoms with Crippen LogP contribution in [0.1, 0.15) is 21.8 Å². The van der Waals surface area contributed by atoms with Gasteiger partial charge < -0.3 is 9.32 Å². The minimum absolute atomic E-state index is 0.108. The van der Waals surface area contributed by atoms with Crippen molar-refractivity contribution in [3.05, 3.63) is 47.9 Å². The average Bonchev–Trinajstić information content (AvgIpc) is 2.97. The van der Waals surface area contributed by atoms with Gasteiger partial charge in [0.2, 0.25) is 0 Å². The van der Waals surface area contributed by atoms with E-state index in [1.54, 1.807) is 23.2 Å². The lowest BCUT2D eigenvalue weighted by Gasteiger charge is -2.12. The Hall–Kier alpha value is -2.17. The molecule has 2 aromatic heterocycles. The van der Waals surface area contributed by atoms with Crippen molar-refractivity contribution in [2.24, 2.45) is 0 Å². The van der Waals surface area contributed by atoms with Crippen molar-refractivity contribution in [3.63, 3.8) is 0 Å². The molecule has 1 aliphatic heterocycles. The quantitative estimate of drug-likeness (QED) is 0.717. The highest BCUT2D eigenvalue weighted by molar-refractivity contribution is 5.91. The lowest BCUT2D eigenvalue weighted by Crippen LogP contribution is -2.24. The topological polar surface area (TPSA) is 59.2 Å². The van der Waals surface area contributed by atoms with E-state index in [1.165, 1.54) is 12.6 Å². The van der Waals surface area contributed by atoms with Gasteiger partial charge in [-0.05, 0) is 12.1 Å². The molecule has 5 heteroatoms. The molecule has 0 atom stereocenters. The number of carbonyl (C=O) groups excluding carboxylic acids is 1. The largest absolute Gasteiger partial charge is 0.459 e.